The summed E-state index contributed by atoms with van der Waals surface area (Å²) >= 11 is 0. The Labute approximate surface area is 150 Å². The van der Waals surface area contributed by atoms with Crippen LogP contribution in [0.4, 0.5) is 5.69 Å². The number of benzene rings is 1. The van der Waals surface area contributed by atoms with E-state index in [9.17, 15) is 9.90 Å². The fraction of sp³-hybridized carbons (Fsp3) is 0.650. The van der Waals surface area contributed by atoms with Crippen LogP contribution < -0.4 is 4.90 Å². The highest BCUT2D eigenvalue weighted by Crippen LogP contribution is 2.41. The number of esters is 1. The van der Waals surface area contributed by atoms with Crippen molar-refractivity contribution in [1.82, 2.24) is 4.90 Å². The molecule has 25 heavy (non-hydrogen) atoms. The third-order valence-corrected chi connectivity index (χ3v) is 6.01. The number of piperazine rings is 1. The Morgan fingerprint density at radius 3 is 2.52 bits per heavy atom. The first-order valence-electron chi connectivity index (χ1n) is 9.54. The maximum Gasteiger partial charge on any atom is 0.312 e. The lowest BCUT2D eigenvalue weighted by Gasteiger charge is -2.36. The smallest absolute Gasteiger partial charge is 0.312 e. The van der Waals surface area contributed by atoms with Crippen molar-refractivity contribution in [3.05, 3.63) is 24.3 Å². The van der Waals surface area contributed by atoms with E-state index in [1.165, 1.54) is 0 Å². The van der Waals surface area contributed by atoms with Crippen molar-refractivity contribution in [3.8, 4) is 5.75 Å². The van der Waals surface area contributed by atoms with Crippen molar-refractivity contribution in [2.75, 3.05) is 37.6 Å². The number of anilines is 1. The van der Waals surface area contributed by atoms with Gasteiger partial charge in [0, 0.05) is 50.9 Å². The Bertz CT molecular complexity index is 592. The van der Waals surface area contributed by atoms with Gasteiger partial charge in [-0.2, -0.15) is 0 Å². The third-order valence-electron chi connectivity index (χ3n) is 6.01. The first kappa shape index (κ1) is 18.1. The fourth-order valence-electron chi connectivity index (χ4n) is 4.07. The van der Waals surface area contributed by atoms with E-state index in [4.69, 9.17) is 4.74 Å². The summed E-state index contributed by atoms with van der Waals surface area (Å²) in [6.45, 7) is 9.09. The Morgan fingerprint density at radius 1 is 1.20 bits per heavy atom. The fourth-order valence-corrected chi connectivity index (χ4v) is 4.07. The van der Waals surface area contributed by atoms with Crippen LogP contribution in [0.1, 0.15) is 39.5 Å². The highest BCUT2D eigenvalue weighted by atomic mass is 16.6. The number of phenolic OH excluding ortho intramolecular Hbond substituents is 1. The SMILES string of the molecule is CCC1(CC)C[C@H](CCN2CCN(c3cccc(O)c3)CC2)OC1=O. The number of hydrogen-bond donors (Lipinski definition) is 1. The predicted molar refractivity (Wildman–Crippen MR) is 98.9 cm³/mol. The zero-order chi connectivity index (χ0) is 17.9. The maximum atomic E-state index is 12.2. The first-order valence-corrected chi connectivity index (χ1v) is 9.54. The molecule has 0 radical (unpaired) electrons. The van der Waals surface area contributed by atoms with Gasteiger partial charge < -0.3 is 14.7 Å². The first-order chi connectivity index (χ1) is 12.1. The molecule has 0 aromatic heterocycles. The molecule has 2 saturated heterocycles. The minimum absolute atomic E-state index is 0.0104. The van der Waals surface area contributed by atoms with E-state index in [1.807, 2.05) is 18.2 Å². The monoisotopic (exact) mass is 346 g/mol. The van der Waals surface area contributed by atoms with Gasteiger partial charge in [0.05, 0.1) is 5.41 Å². The van der Waals surface area contributed by atoms with E-state index in [2.05, 4.69) is 23.6 Å². The molecule has 2 aliphatic rings. The Morgan fingerprint density at radius 2 is 1.92 bits per heavy atom. The molecular formula is C20H30N2O3. The van der Waals surface area contributed by atoms with Crippen molar-refractivity contribution >= 4 is 11.7 Å². The molecule has 1 atom stereocenters. The summed E-state index contributed by atoms with van der Waals surface area (Å²) in [5, 5.41) is 9.63. The van der Waals surface area contributed by atoms with Gasteiger partial charge in [-0.15, -0.1) is 0 Å². The lowest BCUT2D eigenvalue weighted by molar-refractivity contribution is -0.149. The molecule has 0 saturated carbocycles. The van der Waals surface area contributed by atoms with Crippen LogP contribution >= 0.6 is 0 Å². The number of aromatic hydroxyl groups is 1. The Kier molecular flexibility index (Phi) is 5.52. The molecule has 138 valence electrons. The summed E-state index contributed by atoms with van der Waals surface area (Å²) < 4.78 is 5.65. The predicted octanol–water partition coefficient (Wildman–Crippen LogP) is 3.03. The van der Waals surface area contributed by atoms with Gasteiger partial charge in [0.1, 0.15) is 11.9 Å². The number of cyclic esters (lactones) is 1. The van der Waals surface area contributed by atoms with Crippen LogP contribution in [-0.2, 0) is 9.53 Å². The molecule has 1 aromatic rings. The largest absolute Gasteiger partial charge is 0.508 e. The molecule has 1 aromatic carbocycles. The highest BCUT2D eigenvalue weighted by Gasteiger charge is 2.46. The van der Waals surface area contributed by atoms with Crippen molar-refractivity contribution in [2.24, 2.45) is 5.41 Å². The van der Waals surface area contributed by atoms with Gasteiger partial charge in [-0.3, -0.25) is 9.69 Å². The van der Waals surface area contributed by atoms with Gasteiger partial charge in [0.25, 0.3) is 0 Å². The molecule has 3 rings (SSSR count). The third kappa shape index (κ3) is 3.92. The number of nitrogens with zero attached hydrogens (tertiary/aromatic N) is 2. The average Bonchev–Trinajstić information content (AvgIpc) is 2.96. The summed E-state index contributed by atoms with van der Waals surface area (Å²) in [5.41, 5.74) is 0.846. The molecule has 5 nitrogen and oxygen atoms in total. The number of ether oxygens (including phenoxy) is 1. The number of carbonyl (C=O) groups excluding carboxylic acids is 1. The lowest BCUT2D eigenvalue weighted by Crippen LogP contribution is -2.47. The molecule has 0 bridgehead atoms. The molecule has 2 heterocycles. The second kappa shape index (κ2) is 7.65. The van der Waals surface area contributed by atoms with Crippen LogP contribution in [0.5, 0.6) is 5.75 Å². The van der Waals surface area contributed by atoms with Crippen LogP contribution in [0.25, 0.3) is 0 Å². The zero-order valence-electron chi connectivity index (χ0n) is 15.4. The number of phenols is 1. The van der Waals surface area contributed by atoms with E-state index >= 15 is 0 Å². The zero-order valence-corrected chi connectivity index (χ0v) is 15.4. The van der Waals surface area contributed by atoms with E-state index in [1.54, 1.807) is 6.07 Å². The second-order valence-electron chi connectivity index (χ2n) is 7.36. The molecular weight excluding hydrogens is 316 g/mol. The number of hydrogen-bond acceptors (Lipinski definition) is 5. The summed E-state index contributed by atoms with van der Waals surface area (Å²) in [6.07, 6.45) is 3.64. The van der Waals surface area contributed by atoms with Gasteiger partial charge in [0.15, 0.2) is 0 Å². The molecule has 2 fully saturated rings. The van der Waals surface area contributed by atoms with Gasteiger partial charge in [-0.05, 0) is 31.4 Å². The van der Waals surface area contributed by atoms with E-state index in [0.29, 0.717) is 5.75 Å². The quantitative estimate of drug-likeness (QED) is 0.803. The van der Waals surface area contributed by atoms with E-state index in [0.717, 1.165) is 64.1 Å². The van der Waals surface area contributed by atoms with Crippen LogP contribution in [0.15, 0.2) is 24.3 Å². The highest BCUT2D eigenvalue weighted by molar-refractivity contribution is 5.78. The van der Waals surface area contributed by atoms with E-state index < -0.39 is 0 Å². The summed E-state index contributed by atoms with van der Waals surface area (Å²) in [7, 11) is 0. The van der Waals surface area contributed by atoms with Crippen LogP contribution in [0, 0.1) is 5.41 Å². The summed E-state index contributed by atoms with van der Waals surface area (Å²) in [4.78, 5) is 16.9. The molecule has 0 aliphatic carbocycles. The molecule has 0 unspecified atom stereocenters. The molecule has 2 aliphatic heterocycles. The van der Waals surface area contributed by atoms with Crippen molar-refractivity contribution in [3.63, 3.8) is 0 Å². The number of rotatable bonds is 6. The standard InChI is InChI=1S/C20H30N2O3/c1-3-20(4-2)15-18(25-19(20)24)8-9-21-10-12-22(13-11-21)16-6-5-7-17(23)14-16/h5-7,14,18,23H,3-4,8-13,15H2,1-2H3/t18-/m0/s1. The topological polar surface area (TPSA) is 53.0 Å². The molecule has 0 spiro atoms. The number of carbonyl (C=O) groups is 1. The second-order valence-corrected chi connectivity index (χ2v) is 7.36. The van der Waals surface area contributed by atoms with E-state index in [-0.39, 0.29) is 17.5 Å². The Hall–Kier alpha value is -1.75. The van der Waals surface area contributed by atoms with Gasteiger partial charge >= 0.3 is 5.97 Å². The van der Waals surface area contributed by atoms with Crippen LogP contribution in [-0.4, -0.2) is 54.8 Å². The molecule has 1 N–H and O–H groups in total. The summed E-state index contributed by atoms with van der Waals surface area (Å²) in [5.74, 6) is 0.328. The molecule has 5 heteroatoms. The Balaban J connectivity index is 1.45. The van der Waals surface area contributed by atoms with Crippen molar-refractivity contribution in [2.45, 2.75) is 45.6 Å². The van der Waals surface area contributed by atoms with Gasteiger partial charge in [-0.1, -0.05) is 19.9 Å². The lowest BCUT2D eigenvalue weighted by atomic mass is 9.79. The average molecular weight is 346 g/mol. The minimum Gasteiger partial charge on any atom is -0.508 e. The van der Waals surface area contributed by atoms with Crippen molar-refractivity contribution in [1.29, 1.82) is 0 Å². The normalized spacial score (nSPS) is 23.7. The van der Waals surface area contributed by atoms with Crippen LogP contribution in [0.2, 0.25) is 0 Å². The minimum atomic E-state index is -0.237. The molecule has 0 amide bonds. The maximum absolute atomic E-state index is 12.2. The van der Waals surface area contributed by atoms with Gasteiger partial charge in [-0.25, -0.2) is 0 Å². The van der Waals surface area contributed by atoms with Gasteiger partial charge in [0.2, 0.25) is 0 Å². The van der Waals surface area contributed by atoms with Crippen molar-refractivity contribution < 1.29 is 14.6 Å². The van der Waals surface area contributed by atoms with Crippen LogP contribution in [0.3, 0.4) is 0 Å². The summed E-state index contributed by atoms with van der Waals surface area (Å²) in [6, 6.07) is 7.46.